The first-order valence-electron chi connectivity index (χ1n) is 12.5. The van der Waals surface area contributed by atoms with Crippen LogP contribution >= 0.6 is 11.6 Å². The predicted molar refractivity (Wildman–Crippen MR) is 140 cm³/mol. The summed E-state index contributed by atoms with van der Waals surface area (Å²) >= 11 is 6.25. The van der Waals surface area contributed by atoms with E-state index in [1.54, 1.807) is 18.3 Å². The van der Waals surface area contributed by atoms with Gasteiger partial charge in [0.1, 0.15) is 18.1 Å². The molecule has 194 valence electrons. The third-order valence-corrected chi connectivity index (χ3v) is 6.38. The Hall–Kier alpha value is -3.10. The Labute approximate surface area is 217 Å². The van der Waals surface area contributed by atoms with E-state index in [1.165, 1.54) is 0 Å². The molecule has 1 atom stereocenters. The fourth-order valence-corrected chi connectivity index (χ4v) is 4.20. The van der Waals surface area contributed by atoms with Gasteiger partial charge in [0.2, 0.25) is 5.91 Å². The zero-order valence-corrected chi connectivity index (χ0v) is 21.7. The number of imidazole rings is 1. The summed E-state index contributed by atoms with van der Waals surface area (Å²) in [7, 11) is 0. The number of benzene rings is 1. The SMILES string of the molecule is CCCCc1nc(Cl)c(CO)n1Cc1ccc(NC(=O)[C@@H](CCCC)COC(=O)c2ccc[nH]2)cc1. The van der Waals surface area contributed by atoms with Crippen LogP contribution < -0.4 is 5.32 Å². The van der Waals surface area contributed by atoms with Crippen molar-refractivity contribution >= 4 is 29.2 Å². The lowest BCUT2D eigenvalue weighted by Crippen LogP contribution is -2.28. The van der Waals surface area contributed by atoms with Gasteiger partial charge < -0.3 is 24.7 Å². The number of aliphatic hydroxyl groups is 1. The van der Waals surface area contributed by atoms with Gasteiger partial charge in [-0.1, -0.05) is 56.8 Å². The quantitative estimate of drug-likeness (QED) is 0.251. The molecule has 0 saturated carbocycles. The molecule has 2 aromatic heterocycles. The van der Waals surface area contributed by atoms with Crippen LogP contribution in [0.3, 0.4) is 0 Å². The van der Waals surface area contributed by atoms with E-state index in [0.717, 1.165) is 43.5 Å². The summed E-state index contributed by atoms with van der Waals surface area (Å²) in [4.78, 5) is 32.4. The number of nitrogens with zero attached hydrogens (tertiary/aromatic N) is 2. The number of carbonyl (C=O) groups is 2. The van der Waals surface area contributed by atoms with E-state index in [9.17, 15) is 14.7 Å². The van der Waals surface area contributed by atoms with E-state index in [0.29, 0.717) is 35.2 Å². The first-order valence-corrected chi connectivity index (χ1v) is 12.9. The summed E-state index contributed by atoms with van der Waals surface area (Å²) in [5, 5.41) is 13.1. The molecular weight excluding hydrogens is 480 g/mol. The Morgan fingerprint density at radius 3 is 2.56 bits per heavy atom. The summed E-state index contributed by atoms with van der Waals surface area (Å²) in [5.41, 5.74) is 2.63. The molecule has 0 spiro atoms. The molecule has 3 rings (SSSR count). The molecule has 8 nitrogen and oxygen atoms in total. The number of aliphatic hydroxyl groups excluding tert-OH is 1. The van der Waals surface area contributed by atoms with Crippen LogP contribution in [0.4, 0.5) is 5.69 Å². The first-order chi connectivity index (χ1) is 17.5. The summed E-state index contributed by atoms with van der Waals surface area (Å²) in [6.45, 7) is 4.54. The number of anilines is 1. The normalized spacial score (nSPS) is 11.9. The number of aryl methyl sites for hydroxylation is 1. The predicted octanol–water partition coefficient (Wildman–Crippen LogP) is 5.35. The lowest BCUT2D eigenvalue weighted by Gasteiger charge is -2.17. The highest BCUT2D eigenvalue weighted by Gasteiger charge is 2.21. The van der Waals surface area contributed by atoms with Gasteiger partial charge in [0.05, 0.1) is 18.2 Å². The lowest BCUT2D eigenvalue weighted by atomic mass is 10.0. The van der Waals surface area contributed by atoms with Crippen LogP contribution in [0.5, 0.6) is 0 Å². The Bertz CT molecular complexity index is 1110. The average molecular weight is 515 g/mol. The number of carbonyl (C=O) groups excluding carboxylic acids is 2. The minimum absolute atomic E-state index is 0.0215. The maximum absolute atomic E-state index is 13.0. The molecule has 0 aliphatic heterocycles. The molecule has 0 bridgehead atoms. The average Bonchev–Trinajstić information content (AvgIpc) is 3.52. The summed E-state index contributed by atoms with van der Waals surface area (Å²) in [6.07, 6.45) is 6.90. The number of hydrogen-bond donors (Lipinski definition) is 3. The molecule has 3 N–H and O–H groups in total. The van der Waals surface area contributed by atoms with Crippen LogP contribution in [-0.4, -0.2) is 38.1 Å². The van der Waals surface area contributed by atoms with Crippen LogP contribution in [0.2, 0.25) is 5.15 Å². The van der Waals surface area contributed by atoms with Crippen molar-refractivity contribution in [2.24, 2.45) is 5.92 Å². The van der Waals surface area contributed by atoms with E-state index < -0.39 is 11.9 Å². The monoisotopic (exact) mass is 514 g/mol. The molecule has 2 heterocycles. The molecule has 3 aromatic rings. The molecule has 0 unspecified atom stereocenters. The Morgan fingerprint density at radius 2 is 1.92 bits per heavy atom. The van der Waals surface area contributed by atoms with Crippen molar-refractivity contribution in [3.8, 4) is 0 Å². The highest BCUT2D eigenvalue weighted by Crippen LogP contribution is 2.22. The van der Waals surface area contributed by atoms with Crippen LogP contribution in [-0.2, 0) is 29.1 Å². The molecule has 9 heteroatoms. The van der Waals surface area contributed by atoms with Crippen LogP contribution in [0, 0.1) is 5.92 Å². The van der Waals surface area contributed by atoms with Crippen molar-refractivity contribution < 1.29 is 19.4 Å². The standard InChI is InChI=1S/C27H35ClN4O4/c1-3-5-8-20(18-36-27(35)22-9-7-15-29-22)26(34)30-21-13-11-19(12-14-21)16-32-23(17-33)25(28)31-24(32)10-6-4-2/h7,9,11-15,20,29,33H,3-6,8,10,16-18H2,1-2H3,(H,30,34)/t20-/m0/s1. The Balaban J connectivity index is 1.64. The van der Waals surface area contributed by atoms with Gasteiger partial charge in [-0.2, -0.15) is 0 Å². The molecular formula is C27H35ClN4O4. The smallest absolute Gasteiger partial charge is 0.354 e. The van der Waals surface area contributed by atoms with Gasteiger partial charge in [-0.3, -0.25) is 4.79 Å². The molecule has 36 heavy (non-hydrogen) atoms. The van der Waals surface area contributed by atoms with Crippen molar-refractivity contribution in [2.75, 3.05) is 11.9 Å². The summed E-state index contributed by atoms with van der Waals surface area (Å²) in [5.74, 6) is -0.235. The topological polar surface area (TPSA) is 109 Å². The number of aromatic amines is 1. The number of unbranched alkanes of at least 4 members (excludes halogenated alkanes) is 2. The van der Waals surface area contributed by atoms with Crippen molar-refractivity contribution in [1.29, 1.82) is 0 Å². The minimum Gasteiger partial charge on any atom is -0.460 e. The number of H-pyrrole nitrogens is 1. The lowest BCUT2D eigenvalue weighted by molar-refractivity contribution is -0.121. The number of hydrogen-bond acceptors (Lipinski definition) is 5. The third kappa shape index (κ3) is 7.45. The van der Waals surface area contributed by atoms with Crippen molar-refractivity contribution in [2.45, 2.75) is 65.5 Å². The van der Waals surface area contributed by atoms with Gasteiger partial charge >= 0.3 is 5.97 Å². The van der Waals surface area contributed by atoms with Crippen LogP contribution in [0.25, 0.3) is 0 Å². The summed E-state index contributed by atoms with van der Waals surface area (Å²) in [6, 6.07) is 10.9. The maximum atomic E-state index is 13.0. The fraction of sp³-hybridized carbons (Fsp3) is 0.444. The van der Waals surface area contributed by atoms with Gasteiger partial charge in [0.25, 0.3) is 0 Å². The van der Waals surface area contributed by atoms with Crippen LogP contribution in [0.15, 0.2) is 42.6 Å². The number of esters is 1. The number of halogens is 1. The molecule has 1 amide bonds. The minimum atomic E-state index is -0.473. The number of amides is 1. The second-order valence-electron chi connectivity index (χ2n) is 8.82. The fourth-order valence-electron chi connectivity index (χ4n) is 3.94. The van der Waals surface area contributed by atoms with E-state index in [2.05, 4.69) is 29.1 Å². The second-order valence-corrected chi connectivity index (χ2v) is 9.18. The highest BCUT2D eigenvalue weighted by atomic mass is 35.5. The van der Waals surface area contributed by atoms with Crippen LogP contribution in [0.1, 0.15) is 73.5 Å². The molecule has 0 saturated heterocycles. The molecule has 0 fully saturated rings. The molecule has 1 aromatic carbocycles. The second kappa shape index (κ2) is 13.8. The van der Waals surface area contributed by atoms with Crippen molar-refractivity contribution in [3.05, 3.63) is 70.5 Å². The van der Waals surface area contributed by atoms with E-state index in [-0.39, 0.29) is 19.1 Å². The summed E-state index contributed by atoms with van der Waals surface area (Å²) < 4.78 is 7.35. The Morgan fingerprint density at radius 1 is 1.17 bits per heavy atom. The Kier molecular flexibility index (Phi) is 10.6. The third-order valence-electron chi connectivity index (χ3n) is 6.08. The maximum Gasteiger partial charge on any atom is 0.354 e. The van der Waals surface area contributed by atoms with E-state index >= 15 is 0 Å². The zero-order valence-electron chi connectivity index (χ0n) is 20.9. The van der Waals surface area contributed by atoms with Crippen molar-refractivity contribution in [1.82, 2.24) is 14.5 Å². The molecule has 0 aliphatic carbocycles. The highest BCUT2D eigenvalue weighted by molar-refractivity contribution is 6.30. The van der Waals surface area contributed by atoms with Gasteiger partial charge in [-0.15, -0.1) is 0 Å². The number of rotatable bonds is 14. The number of nitrogens with one attached hydrogen (secondary N) is 2. The zero-order chi connectivity index (χ0) is 25.9. The largest absolute Gasteiger partial charge is 0.460 e. The number of aromatic nitrogens is 3. The van der Waals surface area contributed by atoms with Gasteiger partial charge in [0.15, 0.2) is 5.15 Å². The van der Waals surface area contributed by atoms with Gasteiger partial charge in [-0.25, -0.2) is 9.78 Å². The van der Waals surface area contributed by atoms with Gasteiger partial charge in [0, 0.05) is 24.8 Å². The molecule has 0 radical (unpaired) electrons. The van der Waals surface area contributed by atoms with Crippen molar-refractivity contribution in [3.63, 3.8) is 0 Å². The number of ether oxygens (including phenoxy) is 1. The van der Waals surface area contributed by atoms with E-state index in [4.69, 9.17) is 16.3 Å². The first kappa shape index (κ1) is 27.5. The molecule has 0 aliphatic rings. The van der Waals surface area contributed by atoms with Gasteiger partial charge in [-0.05, 0) is 42.7 Å². The van der Waals surface area contributed by atoms with E-state index in [1.807, 2.05) is 28.8 Å².